The molecule has 1 aromatic rings. The van der Waals surface area contributed by atoms with Gasteiger partial charge in [0.25, 0.3) is 0 Å². The summed E-state index contributed by atoms with van der Waals surface area (Å²) in [4.78, 5) is 17.8. The highest BCUT2D eigenvalue weighted by molar-refractivity contribution is 5.85. The summed E-state index contributed by atoms with van der Waals surface area (Å²) in [5.41, 5.74) is 6.76. The molecule has 0 aliphatic heterocycles. The molecule has 0 aromatic carbocycles. The van der Waals surface area contributed by atoms with E-state index in [2.05, 4.69) is 4.98 Å². The Morgan fingerprint density at radius 2 is 2.12 bits per heavy atom. The van der Waals surface area contributed by atoms with E-state index in [0.717, 1.165) is 18.4 Å². The van der Waals surface area contributed by atoms with Crippen LogP contribution in [0.2, 0.25) is 0 Å². The van der Waals surface area contributed by atoms with Crippen LogP contribution in [0.3, 0.4) is 0 Å². The molecular weight excluding hydrogens is 238 g/mol. The highest BCUT2D eigenvalue weighted by Gasteiger charge is 2.33. The molecule has 1 amide bonds. The van der Waals surface area contributed by atoms with E-state index in [1.165, 1.54) is 0 Å². The van der Waals surface area contributed by atoms with Crippen LogP contribution in [0.4, 0.5) is 0 Å². The van der Waals surface area contributed by atoms with Crippen molar-refractivity contribution >= 4 is 18.3 Å². The number of rotatable bonds is 4. The molecule has 0 unspecified atom stereocenters. The van der Waals surface area contributed by atoms with Crippen LogP contribution in [0, 0.1) is 0 Å². The van der Waals surface area contributed by atoms with Gasteiger partial charge in [-0.1, -0.05) is 0 Å². The van der Waals surface area contributed by atoms with Crippen molar-refractivity contribution in [1.82, 2.24) is 9.88 Å². The predicted octanol–water partition coefficient (Wildman–Crippen LogP) is 1.34. The molecule has 1 aliphatic rings. The van der Waals surface area contributed by atoms with Gasteiger partial charge in [0.1, 0.15) is 0 Å². The summed E-state index contributed by atoms with van der Waals surface area (Å²) in [6.07, 6.45) is 5.70. The van der Waals surface area contributed by atoms with Gasteiger partial charge in [-0.05, 0) is 37.5 Å². The molecule has 1 fully saturated rings. The van der Waals surface area contributed by atoms with E-state index in [1.54, 1.807) is 19.3 Å². The Hall–Kier alpha value is -1.13. The first kappa shape index (κ1) is 13.9. The second-order valence-electron chi connectivity index (χ2n) is 4.34. The fourth-order valence-corrected chi connectivity index (χ4v) is 1.72. The lowest BCUT2D eigenvalue weighted by molar-refractivity contribution is -0.133. The molecule has 1 atom stereocenters. The third-order valence-electron chi connectivity index (χ3n) is 2.76. The molecule has 1 heterocycles. The van der Waals surface area contributed by atoms with Crippen molar-refractivity contribution < 1.29 is 4.79 Å². The van der Waals surface area contributed by atoms with E-state index in [4.69, 9.17) is 5.73 Å². The highest BCUT2D eigenvalue weighted by Crippen LogP contribution is 2.28. The average Bonchev–Trinajstić information content (AvgIpc) is 3.10. The third kappa shape index (κ3) is 3.68. The van der Waals surface area contributed by atoms with Gasteiger partial charge in [0.15, 0.2) is 0 Å². The lowest BCUT2D eigenvalue weighted by Gasteiger charge is -2.24. The van der Waals surface area contributed by atoms with E-state index >= 15 is 0 Å². The van der Waals surface area contributed by atoms with E-state index in [1.807, 2.05) is 17.0 Å². The second kappa shape index (κ2) is 5.98. The van der Waals surface area contributed by atoms with E-state index in [-0.39, 0.29) is 18.3 Å². The summed E-state index contributed by atoms with van der Waals surface area (Å²) in [5.74, 6) is 0.0410. The van der Waals surface area contributed by atoms with Gasteiger partial charge in [0.2, 0.25) is 5.91 Å². The fourth-order valence-electron chi connectivity index (χ4n) is 1.72. The van der Waals surface area contributed by atoms with Crippen LogP contribution in [0.15, 0.2) is 24.5 Å². The molecule has 17 heavy (non-hydrogen) atoms. The molecule has 4 nitrogen and oxygen atoms in total. The minimum absolute atomic E-state index is 0. The minimum Gasteiger partial charge on any atom is -0.334 e. The first-order chi connectivity index (χ1) is 7.68. The summed E-state index contributed by atoms with van der Waals surface area (Å²) >= 11 is 0. The maximum Gasteiger partial charge on any atom is 0.239 e. The van der Waals surface area contributed by atoms with Crippen molar-refractivity contribution in [2.45, 2.75) is 38.4 Å². The van der Waals surface area contributed by atoms with Gasteiger partial charge in [0, 0.05) is 25.0 Å². The van der Waals surface area contributed by atoms with Crippen LogP contribution in [0.25, 0.3) is 0 Å². The zero-order chi connectivity index (χ0) is 11.5. The number of halogens is 1. The van der Waals surface area contributed by atoms with Gasteiger partial charge < -0.3 is 10.6 Å². The van der Waals surface area contributed by atoms with Crippen molar-refractivity contribution in [2.24, 2.45) is 5.73 Å². The number of hydrogen-bond donors (Lipinski definition) is 1. The average molecular weight is 256 g/mol. The molecule has 0 saturated heterocycles. The van der Waals surface area contributed by atoms with Gasteiger partial charge in [-0.3, -0.25) is 9.78 Å². The second-order valence-corrected chi connectivity index (χ2v) is 4.34. The van der Waals surface area contributed by atoms with Gasteiger partial charge in [-0.15, -0.1) is 12.4 Å². The zero-order valence-electron chi connectivity index (χ0n) is 9.87. The predicted molar refractivity (Wildman–Crippen MR) is 68.7 cm³/mol. The molecule has 1 aliphatic carbocycles. The quantitative estimate of drug-likeness (QED) is 0.883. The monoisotopic (exact) mass is 255 g/mol. The maximum absolute atomic E-state index is 11.9. The van der Waals surface area contributed by atoms with Crippen LogP contribution in [-0.4, -0.2) is 27.9 Å². The lowest BCUT2D eigenvalue weighted by Crippen LogP contribution is -2.42. The van der Waals surface area contributed by atoms with Gasteiger partial charge in [-0.25, -0.2) is 0 Å². The van der Waals surface area contributed by atoms with Crippen LogP contribution in [0.5, 0.6) is 0 Å². The molecule has 0 radical (unpaired) electrons. The van der Waals surface area contributed by atoms with Crippen LogP contribution < -0.4 is 5.73 Å². The minimum atomic E-state index is -0.414. The Kier molecular flexibility index (Phi) is 4.90. The Labute approximate surface area is 108 Å². The van der Waals surface area contributed by atoms with E-state index in [9.17, 15) is 4.79 Å². The normalized spacial score (nSPS) is 15.9. The molecule has 0 spiro atoms. The molecular formula is C12H18ClN3O. The number of nitrogens with two attached hydrogens (primary N) is 1. The van der Waals surface area contributed by atoms with Crippen molar-refractivity contribution in [3.63, 3.8) is 0 Å². The Bertz CT molecular complexity index is 365. The first-order valence-electron chi connectivity index (χ1n) is 5.63. The molecule has 1 aromatic heterocycles. The summed E-state index contributed by atoms with van der Waals surface area (Å²) in [7, 11) is 0. The van der Waals surface area contributed by atoms with Crippen molar-refractivity contribution in [3.05, 3.63) is 30.1 Å². The topological polar surface area (TPSA) is 59.2 Å². The van der Waals surface area contributed by atoms with Gasteiger partial charge in [-0.2, -0.15) is 0 Å². The number of amides is 1. The molecule has 5 heteroatoms. The summed E-state index contributed by atoms with van der Waals surface area (Å²) < 4.78 is 0. The standard InChI is InChI=1S/C12H17N3O.ClH/c1-9(13)12(16)15(11-2-3-11)8-10-4-6-14-7-5-10;/h4-7,9,11H,2-3,8,13H2,1H3;1H/t9-;/m1./s1. The van der Waals surface area contributed by atoms with E-state index in [0.29, 0.717) is 12.6 Å². The number of carbonyl (C=O) groups is 1. The number of hydrogen-bond acceptors (Lipinski definition) is 3. The lowest BCUT2D eigenvalue weighted by atomic mass is 10.2. The summed E-state index contributed by atoms with van der Waals surface area (Å²) in [6, 6.07) is 3.85. The van der Waals surface area contributed by atoms with E-state index < -0.39 is 6.04 Å². The van der Waals surface area contributed by atoms with Gasteiger partial charge >= 0.3 is 0 Å². The van der Waals surface area contributed by atoms with Crippen molar-refractivity contribution in [3.8, 4) is 0 Å². The number of aromatic nitrogens is 1. The Morgan fingerprint density at radius 3 is 2.59 bits per heavy atom. The molecule has 1 saturated carbocycles. The SMILES string of the molecule is C[C@@H](N)C(=O)N(Cc1ccncc1)C1CC1.Cl. The molecule has 2 rings (SSSR count). The summed E-state index contributed by atoms with van der Waals surface area (Å²) in [5, 5.41) is 0. The van der Waals surface area contributed by atoms with Crippen LogP contribution >= 0.6 is 12.4 Å². The summed E-state index contributed by atoms with van der Waals surface area (Å²) in [6.45, 7) is 2.39. The van der Waals surface area contributed by atoms with Crippen LogP contribution in [0.1, 0.15) is 25.3 Å². The Morgan fingerprint density at radius 1 is 1.53 bits per heavy atom. The number of carbonyl (C=O) groups excluding carboxylic acids is 1. The highest BCUT2D eigenvalue weighted by atomic mass is 35.5. The maximum atomic E-state index is 11.9. The molecule has 94 valence electrons. The largest absolute Gasteiger partial charge is 0.334 e. The fraction of sp³-hybridized carbons (Fsp3) is 0.500. The zero-order valence-corrected chi connectivity index (χ0v) is 10.7. The smallest absolute Gasteiger partial charge is 0.239 e. The Balaban J connectivity index is 0.00000144. The van der Waals surface area contributed by atoms with Crippen molar-refractivity contribution in [1.29, 1.82) is 0 Å². The molecule has 2 N–H and O–H groups in total. The van der Waals surface area contributed by atoms with Gasteiger partial charge in [0.05, 0.1) is 6.04 Å². The third-order valence-corrected chi connectivity index (χ3v) is 2.76. The number of nitrogens with zero attached hydrogens (tertiary/aromatic N) is 2. The first-order valence-corrected chi connectivity index (χ1v) is 5.63. The molecule has 0 bridgehead atoms. The van der Waals surface area contributed by atoms with Crippen molar-refractivity contribution in [2.75, 3.05) is 0 Å². The number of pyridine rings is 1. The van der Waals surface area contributed by atoms with Crippen LogP contribution in [-0.2, 0) is 11.3 Å².